The summed E-state index contributed by atoms with van der Waals surface area (Å²) in [4.78, 5) is 19.5. The molecule has 1 saturated heterocycles. The average molecular weight is 471 g/mol. The van der Waals surface area contributed by atoms with Crippen LogP contribution in [-0.2, 0) is 17.9 Å². The van der Waals surface area contributed by atoms with Crippen LogP contribution in [0.2, 0.25) is 0 Å². The Bertz CT molecular complexity index is 1280. The summed E-state index contributed by atoms with van der Waals surface area (Å²) in [6.45, 7) is 3.35. The third-order valence-electron chi connectivity index (χ3n) is 6.54. The molecule has 5 rings (SSSR count). The summed E-state index contributed by atoms with van der Waals surface area (Å²) in [6.07, 6.45) is 2.02. The number of fused-ring (bicyclic) bond motifs is 1. The number of nitrogens with one attached hydrogen (secondary N) is 1. The van der Waals surface area contributed by atoms with Crippen LogP contribution in [-0.4, -0.2) is 45.1 Å². The minimum Gasteiger partial charge on any atom is -0.506 e. The summed E-state index contributed by atoms with van der Waals surface area (Å²) in [6, 6.07) is 24.8. The lowest BCUT2D eigenvalue weighted by atomic mass is 9.96. The van der Waals surface area contributed by atoms with E-state index in [9.17, 15) is 9.90 Å². The van der Waals surface area contributed by atoms with E-state index >= 15 is 0 Å². The number of piperidine rings is 1. The van der Waals surface area contributed by atoms with Crippen molar-refractivity contribution in [3.05, 3.63) is 84.7 Å². The van der Waals surface area contributed by atoms with Gasteiger partial charge in [-0.3, -0.25) is 9.69 Å². The quantitative estimate of drug-likeness (QED) is 0.366. The van der Waals surface area contributed by atoms with Gasteiger partial charge in [0.25, 0.3) is 0 Å². The number of amides is 1. The van der Waals surface area contributed by atoms with E-state index in [0.717, 1.165) is 55.1 Å². The van der Waals surface area contributed by atoms with Crippen LogP contribution in [0.1, 0.15) is 18.7 Å². The molecule has 35 heavy (non-hydrogen) atoms. The van der Waals surface area contributed by atoms with Crippen LogP contribution in [0.4, 0.5) is 5.69 Å². The first-order valence-corrected chi connectivity index (χ1v) is 12.1. The van der Waals surface area contributed by atoms with Gasteiger partial charge in [-0.25, -0.2) is 4.98 Å². The molecule has 0 atom stereocenters. The molecule has 0 unspecified atom stereocenters. The van der Waals surface area contributed by atoms with Crippen LogP contribution >= 0.6 is 0 Å². The van der Waals surface area contributed by atoms with Gasteiger partial charge in [0, 0.05) is 6.54 Å². The van der Waals surface area contributed by atoms with Crippen LogP contribution in [0, 0.1) is 5.92 Å². The normalized spacial score (nSPS) is 14.7. The predicted octanol–water partition coefficient (Wildman–Crippen LogP) is 4.67. The first-order valence-electron chi connectivity index (χ1n) is 12.1. The molecule has 180 valence electrons. The van der Waals surface area contributed by atoms with Crippen LogP contribution in [0.3, 0.4) is 0 Å². The number of nitrogens with zero attached hydrogens (tertiary/aromatic N) is 3. The van der Waals surface area contributed by atoms with Crippen LogP contribution in [0.15, 0.2) is 78.9 Å². The number of aromatic nitrogens is 2. The van der Waals surface area contributed by atoms with Crippen molar-refractivity contribution in [3.8, 4) is 11.5 Å². The van der Waals surface area contributed by atoms with Crippen LogP contribution in [0.25, 0.3) is 11.0 Å². The van der Waals surface area contributed by atoms with Crippen molar-refractivity contribution in [1.82, 2.24) is 14.5 Å². The molecule has 7 nitrogen and oxygen atoms in total. The SMILES string of the molecule is O=C(CN1CCC(Cn2c(COc3ccccc3)nc3ccccc32)CC1)Nc1ccccc1O. The number of carbonyl (C=O) groups is 1. The van der Waals surface area contributed by atoms with Crippen molar-refractivity contribution in [2.24, 2.45) is 5.92 Å². The standard InChI is InChI=1S/C28H30N4O3/c33-26-13-7-5-11-24(26)30-28(34)19-31-16-14-21(15-17-31)18-32-25-12-6-4-10-23(25)29-27(32)20-35-22-8-2-1-3-9-22/h1-13,21,33H,14-20H2,(H,30,34). The van der Waals surface area contributed by atoms with E-state index in [1.54, 1.807) is 24.3 Å². The Balaban J connectivity index is 1.19. The largest absolute Gasteiger partial charge is 0.506 e. The third kappa shape index (κ3) is 5.63. The molecule has 0 spiro atoms. The predicted molar refractivity (Wildman–Crippen MR) is 136 cm³/mol. The average Bonchev–Trinajstić information content (AvgIpc) is 3.23. The molecule has 0 aliphatic carbocycles. The zero-order valence-corrected chi connectivity index (χ0v) is 19.6. The number of rotatable bonds is 8. The summed E-state index contributed by atoms with van der Waals surface area (Å²) >= 11 is 0. The highest BCUT2D eigenvalue weighted by molar-refractivity contribution is 5.93. The molecule has 0 saturated carbocycles. The van der Waals surface area contributed by atoms with Gasteiger partial charge in [-0.2, -0.15) is 0 Å². The summed E-state index contributed by atoms with van der Waals surface area (Å²) in [5.41, 5.74) is 2.56. The molecule has 3 aromatic carbocycles. The summed E-state index contributed by atoms with van der Waals surface area (Å²) in [5, 5.41) is 12.7. The van der Waals surface area contributed by atoms with E-state index in [-0.39, 0.29) is 11.7 Å². The molecule has 1 fully saturated rings. The zero-order valence-electron chi connectivity index (χ0n) is 19.6. The van der Waals surface area contributed by atoms with Gasteiger partial charge in [-0.15, -0.1) is 0 Å². The number of benzene rings is 3. The lowest BCUT2D eigenvalue weighted by Crippen LogP contribution is -2.40. The number of carbonyl (C=O) groups excluding carboxylic acids is 1. The van der Waals surface area contributed by atoms with Crippen molar-refractivity contribution in [3.63, 3.8) is 0 Å². The zero-order chi connectivity index (χ0) is 24.0. The Hall–Kier alpha value is -3.84. The maximum Gasteiger partial charge on any atom is 0.238 e. The molecular formula is C28H30N4O3. The van der Waals surface area contributed by atoms with E-state index in [2.05, 4.69) is 20.9 Å². The van der Waals surface area contributed by atoms with E-state index < -0.39 is 0 Å². The van der Waals surface area contributed by atoms with E-state index in [1.165, 1.54) is 0 Å². The topological polar surface area (TPSA) is 79.6 Å². The highest BCUT2D eigenvalue weighted by Crippen LogP contribution is 2.25. The van der Waals surface area contributed by atoms with Crippen molar-refractivity contribution < 1.29 is 14.6 Å². The highest BCUT2D eigenvalue weighted by Gasteiger charge is 2.23. The molecule has 0 bridgehead atoms. The summed E-state index contributed by atoms with van der Waals surface area (Å²) in [7, 11) is 0. The number of para-hydroxylation sites is 5. The molecule has 0 radical (unpaired) electrons. The number of hydrogen-bond donors (Lipinski definition) is 2. The smallest absolute Gasteiger partial charge is 0.238 e. The number of phenolic OH excluding ortho intramolecular Hbond substituents is 1. The molecule has 1 aliphatic heterocycles. The van der Waals surface area contributed by atoms with Gasteiger partial charge >= 0.3 is 0 Å². The number of phenols is 1. The minimum absolute atomic E-state index is 0.0826. The number of aromatic hydroxyl groups is 1. The molecule has 1 aromatic heterocycles. The van der Waals surface area contributed by atoms with Gasteiger partial charge in [0.05, 0.1) is 23.3 Å². The summed E-state index contributed by atoms with van der Waals surface area (Å²) in [5.74, 6) is 2.24. The van der Waals surface area contributed by atoms with Gasteiger partial charge in [0.2, 0.25) is 5.91 Å². The van der Waals surface area contributed by atoms with E-state index in [0.29, 0.717) is 24.8 Å². The first kappa shape index (κ1) is 22.9. The first-order chi connectivity index (χ1) is 17.2. The molecule has 4 aromatic rings. The highest BCUT2D eigenvalue weighted by atomic mass is 16.5. The Morgan fingerprint density at radius 2 is 1.69 bits per heavy atom. The van der Waals surface area contributed by atoms with Gasteiger partial charge in [-0.05, 0) is 68.2 Å². The number of anilines is 1. The fourth-order valence-electron chi connectivity index (χ4n) is 4.66. The Morgan fingerprint density at radius 3 is 2.49 bits per heavy atom. The van der Waals surface area contributed by atoms with E-state index in [1.807, 2.05) is 48.5 Å². The second kappa shape index (κ2) is 10.6. The van der Waals surface area contributed by atoms with Crippen molar-refractivity contribution >= 4 is 22.6 Å². The molecule has 1 aliphatic rings. The fourth-order valence-corrected chi connectivity index (χ4v) is 4.66. The molecular weight excluding hydrogens is 440 g/mol. The van der Waals surface area contributed by atoms with Crippen molar-refractivity contribution in [2.75, 3.05) is 25.0 Å². The molecule has 2 N–H and O–H groups in total. The third-order valence-corrected chi connectivity index (χ3v) is 6.54. The van der Waals surface area contributed by atoms with Crippen molar-refractivity contribution in [1.29, 1.82) is 0 Å². The van der Waals surface area contributed by atoms with Crippen LogP contribution in [0.5, 0.6) is 11.5 Å². The number of hydrogen-bond acceptors (Lipinski definition) is 5. The number of likely N-dealkylation sites (tertiary alicyclic amines) is 1. The van der Waals surface area contributed by atoms with Gasteiger partial charge < -0.3 is 19.7 Å². The molecule has 2 heterocycles. The Labute approximate surface area is 205 Å². The monoisotopic (exact) mass is 470 g/mol. The van der Waals surface area contributed by atoms with Crippen LogP contribution < -0.4 is 10.1 Å². The fraction of sp³-hybridized carbons (Fsp3) is 0.286. The Morgan fingerprint density at radius 1 is 0.971 bits per heavy atom. The lowest BCUT2D eigenvalue weighted by molar-refractivity contribution is -0.117. The number of ether oxygens (including phenoxy) is 1. The maximum absolute atomic E-state index is 12.5. The van der Waals surface area contributed by atoms with Crippen molar-refractivity contribution in [2.45, 2.75) is 26.0 Å². The second-order valence-corrected chi connectivity index (χ2v) is 9.01. The minimum atomic E-state index is -0.106. The van der Waals surface area contributed by atoms with E-state index in [4.69, 9.17) is 9.72 Å². The van der Waals surface area contributed by atoms with Gasteiger partial charge in [0.1, 0.15) is 23.9 Å². The second-order valence-electron chi connectivity index (χ2n) is 9.01. The number of imidazole rings is 1. The maximum atomic E-state index is 12.5. The Kier molecular flexibility index (Phi) is 6.95. The molecule has 7 heteroatoms. The summed E-state index contributed by atoms with van der Waals surface area (Å²) < 4.78 is 8.31. The molecule has 1 amide bonds. The van der Waals surface area contributed by atoms with Gasteiger partial charge in [-0.1, -0.05) is 42.5 Å². The lowest BCUT2D eigenvalue weighted by Gasteiger charge is -2.32. The van der Waals surface area contributed by atoms with Gasteiger partial charge in [0.15, 0.2) is 0 Å².